The number of aryl methyl sites for hydroxylation is 1. The SMILES string of the molecule is Cc1ccc(Cl)cc1NC(=O)C1CN(S(=O)(=O)c2ccccc2)c2ccccc2O1. The zero-order valence-corrected chi connectivity index (χ0v) is 17.7. The molecule has 0 aromatic heterocycles. The Morgan fingerprint density at radius 1 is 1.07 bits per heavy atom. The number of sulfonamides is 1. The highest BCUT2D eigenvalue weighted by Gasteiger charge is 2.37. The van der Waals surface area contributed by atoms with Crippen molar-refractivity contribution in [3.05, 3.63) is 83.4 Å². The molecule has 0 radical (unpaired) electrons. The second kappa shape index (κ2) is 8.01. The zero-order chi connectivity index (χ0) is 21.3. The number of hydrogen-bond donors (Lipinski definition) is 1. The molecule has 1 atom stereocenters. The van der Waals surface area contributed by atoms with Gasteiger partial charge in [0.1, 0.15) is 5.75 Å². The van der Waals surface area contributed by atoms with Crippen molar-refractivity contribution < 1.29 is 17.9 Å². The van der Waals surface area contributed by atoms with E-state index in [0.29, 0.717) is 22.1 Å². The van der Waals surface area contributed by atoms with Crippen molar-refractivity contribution in [3.8, 4) is 5.75 Å². The smallest absolute Gasteiger partial charge is 0.267 e. The molecule has 1 aliphatic rings. The lowest BCUT2D eigenvalue weighted by atomic mass is 10.1. The Hall–Kier alpha value is -3.03. The molecule has 0 fully saturated rings. The summed E-state index contributed by atoms with van der Waals surface area (Å²) in [6.07, 6.45) is -1.03. The van der Waals surface area contributed by atoms with Crippen molar-refractivity contribution in [2.75, 3.05) is 16.2 Å². The van der Waals surface area contributed by atoms with Crippen LogP contribution in [0.2, 0.25) is 5.02 Å². The summed E-state index contributed by atoms with van der Waals surface area (Å²) in [6, 6.07) is 20.0. The first-order valence-electron chi connectivity index (χ1n) is 9.27. The first-order chi connectivity index (χ1) is 14.4. The predicted molar refractivity (Wildman–Crippen MR) is 117 cm³/mol. The van der Waals surface area contributed by atoms with E-state index >= 15 is 0 Å². The van der Waals surface area contributed by atoms with Crippen LogP contribution in [0.4, 0.5) is 11.4 Å². The molecular formula is C22H19ClN2O4S. The monoisotopic (exact) mass is 442 g/mol. The van der Waals surface area contributed by atoms with E-state index in [9.17, 15) is 13.2 Å². The number of anilines is 2. The van der Waals surface area contributed by atoms with Crippen molar-refractivity contribution >= 4 is 38.9 Å². The van der Waals surface area contributed by atoms with Crippen LogP contribution >= 0.6 is 11.6 Å². The molecule has 4 rings (SSSR count). The molecule has 1 heterocycles. The van der Waals surface area contributed by atoms with E-state index in [1.165, 1.54) is 16.4 Å². The number of ether oxygens (including phenoxy) is 1. The summed E-state index contributed by atoms with van der Waals surface area (Å²) in [4.78, 5) is 13.1. The lowest BCUT2D eigenvalue weighted by Crippen LogP contribution is -2.48. The molecule has 0 bridgehead atoms. The van der Waals surface area contributed by atoms with E-state index < -0.39 is 22.0 Å². The third-order valence-corrected chi connectivity index (χ3v) is 6.84. The van der Waals surface area contributed by atoms with Crippen molar-refractivity contribution in [2.45, 2.75) is 17.9 Å². The molecule has 0 aliphatic carbocycles. The molecule has 1 unspecified atom stereocenters. The van der Waals surface area contributed by atoms with Crippen LogP contribution < -0.4 is 14.4 Å². The van der Waals surface area contributed by atoms with Gasteiger partial charge in [-0.3, -0.25) is 9.10 Å². The van der Waals surface area contributed by atoms with Crippen LogP contribution in [-0.2, 0) is 14.8 Å². The van der Waals surface area contributed by atoms with Crippen LogP contribution in [0.25, 0.3) is 0 Å². The third-order valence-electron chi connectivity index (χ3n) is 4.82. The fourth-order valence-corrected chi connectivity index (χ4v) is 4.90. The van der Waals surface area contributed by atoms with Gasteiger partial charge in [0.2, 0.25) is 0 Å². The number of benzene rings is 3. The number of para-hydroxylation sites is 2. The van der Waals surface area contributed by atoms with Gasteiger partial charge >= 0.3 is 0 Å². The Kier molecular flexibility index (Phi) is 5.40. The number of rotatable bonds is 4. The van der Waals surface area contributed by atoms with Crippen LogP contribution in [0, 0.1) is 6.92 Å². The van der Waals surface area contributed by atoms with Crippen molar-refractivity contribution in [1.82, 2.24) is 0 Å². The van der Waals surface area contributed by atoms with Gasteiger partial charge in [-0.1, -0.05) is 48.0 Å². The summed E-state index contributed by atoms with van der Waals surface area (Å²) >= 11 is 6.03. The van der Waals surface area contributed by atoms with Gasteiger partial charge in [-0.05, 0) is 48.9 Å². The topological polar surface area (TPSA) is 75.7 Å². The summed E-state index contributed by atoms with van der Waals surface area (Å²) in [6.45, 7) is 1.69. The number of halogens is 1. The minimum absolute atomic E-state index is 0.145. The fourth-order valence-electron chi connectivity index (χ4n) is 3.23. The molecule has 3 aromatic rings. The molecule has 1 amide bonds. The first-order valence-corrected chi connectivity index (χ1v) is 11.1. The number of nitrogens with zero attached hydrogens (tertiary/aromatic N) is 1. The average molecular weight is 443 g/mol. The van der Waals surface area contributed by atoms with Crippen molar-refractivity contribution in [2.24, 2.45) is 0 Å². The molecule has 0 spiro atoms. The first kappa shape index (κ1) is 20.3. The van der Waals surface area contributed by atoms with Gasteiger partial charge < -0.3 is 10.1 Å². The van der Waals surface area contributed by atoms with E-state index in [-0.39, 0.29) is 11.4 Å². The maximum Gasteiger partial charge on any atom is 0.267 e. The summed E-state index contributed by atoms with van der Waals surface area (Å²) in [7, 11) is -3.88. The largest absolute Gasteiger partial charge is 0.476 e. The predicted octanol–water partition coefficient (Wildman–Crippen LogP) is 4.24. The van der Waals surface area contributed by atoms with Crippen LogP contribution in [0.3, 0.4) is 0 Å². The Labute approximate surface area is 180 Å². The average Bonchev–Trinajstić information content (AvgIpc) is 2.76. The minimum Gasteiger partial charge on any atom is -0.476 e. The normalized spacial score (nSPS) is 15.8. The van der Waals surface area contributed by atoms with Gasteiger partial charge in [0.25, 0.3) is 15.9 Å². The van der Waals surface area contributed by atoms with Crippen LogP contribution in [0.15, 0.2) is 77.7 Å². The Balaban J connectivity index is 1.68. The number of nitrogens with one attached hydrogen (secondary N) is 1. The van der Waals surface area contributed by atoms with Gasteiger partial charge in [-0.25, -0.2) is 8.42 Å². The lowest BCUT2D eigenvalue weighted by molar-refractivity contribution is -0.122. The molecule has 6 nitrogen and oxygen atoms in total. The van der Waals surface area contributed by atoms with E-state index in [4.69, 9.17) is 16.3 Å². The van der Waals surface area contributed by atoms with E-state index in [1.807, 2.05) is 6.92 Å². The van der Waals surface area contributed by atoms with E-state index in [2.05, 4.69) is 5.32 Å². The maximum atomic E-state index is 13.3. The molecule has 0 saturated carbocycles. The zero-order valence-electron chi connectivity index (χ0n) is 16.1. The molecule has 3 aromatic carbocycles. The van der Waals surface area contributed by atoms with Gasteiger partial charge in [0.05, 0.1) is 17.1 Å². The molecule has 0 saturated heterocycles. The fraction of sp³-hybridized carbons (Fsp3) is 0.136. The molecule has 1 N–H and O–H groups in total. The summed E-state index contributed by atoms with van der Waals surface area (Å²) in [5.74, 6) is -0.130. The molecule has 30 heavy (non-hydrogen) atoms. The quantitative estimate of drug-likeness (QED) is 0.655. The highest BCUT2D eigenvalue weighted by molar-refractivity contribution is 7.92. The molecular weight excluding hydrogens is 424 g/mol. The standard InChI is InChI=1S/C22H19ClN2O4S/c1-15-11-12-16(23)13-18(15)24-22(26)21-14-25(19-9-5-6-10-20(19)29-21)30(27,28)17-7-3-2-4-8-17/h2-13,21H,14H2,1H3,(H,24,26). The minimum atomic E-state index is -3.88. The van der Waals surface area contributed by atoms with E-state index in [0.717, 1.165) is 5.56 Å². The second-order valence-corrected chi connectivity index (χ2v) is 9.17. The summed E-state index contributed by atoms with van der Waals surface area (Å²) in [5, 5.41) is 3.28. The summed E-state index contributed by atoms with van der Waals surface area (Å²) in [5.41, 5.74) is 1.77. The lowest BCUT2D eigenvalue weighted by Gasteiger charge is -2.34. The summed E-state index contributed by atoms with van der Waals surface area (Å²) < 4.78 is 33.7. The van der Waals surface area contributed by atoms with Crippen molar-refractivity contribution in [3.63, 3.8) is 0 Å². The van der Waals surface area contributed by atoms with Crippen molar-refractivity contribution in [1.29, 1.82) is 0 Å². The van der Waals surface area contributed by atoms with Crippen LogP contribution in [-0.4, -0.2) is 27.0 Å². The maximum absolute atomic E-state index is 13.3. The van der Waals surface area contributed by atoms with E-state index in [1.54, 1.807) is 60.7 Å². The molecule has 1 aliphatic heterocycles. The van der Waals surface area contributed by atoms with Gasteiger partial charge in [-0.2, -0.15) is 0 Å². The third kappa shape index (κ3) is 3.86. The number of amides is 1. The number of fused-ring (bicyclic) bond motifs is 1. The second-order valence-electron chi connectivity index (χ2n) is 6.87. The Morgan fingerprint density at radius 3 is 2.53 bits per heavy atom. The van der Waals surface area contributed by atoms with Crippen LogP contribution in [0.5, 0.6) is 5.75 Å². The molecule has 8 heteroatoms. The highest BCUT2D eigenvalue weighted by atomic mass is 35.5. The number of carbonyl (C=O) groups excluding carboxylic acids is 1. The van der Waals surface area contributed by atoms with Gasteiger partial charge in [0, 0.05) is 10.7 Å². The number of hydrogen-bond acceptors (Lipinski definition) is 4. The Morgan fingerprint density at radius 2 is 1.77 bits per heavy atom. The van der Waals surface area contributed by atoms with Crippen LogP contribution in [0.1, 0.15) is 5.56 Å². The highest BCUT2D eigenvalue weighted by Crippen LogP contribution is 2.37. The Bertz CT molecular complexity index is 1200. The molecule has 154 valence electrons. The van der Waals surface area contributed by atoms with Gasteiger partial charge in [0.15, 0.2) is 6.10 Å². The van der Waals surface area contributed by atoms with Gasteiger partial charge in [-0.15, -0.1) is 0 Å². The number of carbonyl (C=O) groups is 1.